The third kappa shape index (κ3) is 6.53. The van der Waals surface area contributed by atoms with E-state index in [4.69, 9.17) is 5.11 Å². The molecule has 1 saturated carbocycles. The van der Waals surface area contributed by atoms with E-state index in [9.17, 15) is 14.4 Å². The van der Waals surface area contributed by atoms with Gasteiger partial charge in [0.05, 0.1) is 6.54 Å². The molecule has 3 amide bonds. The Morgan fingerprint density at radius 2 is 1.93 bits per heavy atom. The van der Waals surface area contributed by atoms with E-state index in [0.717, 1.165) is 24.8 Å². The number of carboxylic acid groups (broad SMARTS) is 1. The molecule has 0 saturated heterocycles. The minimum atomic E-state index is -0.832. The largest absolute Gasteiger partial charge is 0.480 e. The molecule has 0 aromatic heterocycles. The second kappa shape index (κ2) is 10.7. The van der Waals surface area contributed by atoms with Crippen LogP contribution >= 0.6 is 0 Å². The summed E-state index contributed by atoms with van der Waals surface area (Å²) in [6, 6.07) is 7.18. The summed E-state index contributed by atoms with van der Waals surface area (Å²) in [4.78, 5) is 36.9. The van der Waals surface area contributed by atoms with Crippen molar-refractivity contribution in [3.63, 3.8) is 0 Å². The molecule has 0 unspecified atom stereocenters. The number of carbonyl (C=O) groups is 3. The van der Waals surface area contributed by atoms with Crippen LogP contribution in [0.5, 0.6) is 0 Å². The first-order valence-corrected chi connectivity index (χ1v) is 9.80. The molecule has 0 bridgehead atoms. The van der Waals surface area contributed by atoms with Crippen LogP contribution in [0.2, 0.25) is 0 Å². The Balaban J connectivity index is 1.73. The van der Waals surface area contributed by atoms with Gasteiger partial charge in [0, 0.05) is 30.7 Å². The predicted molar refractivity (Wildman–Crippen MR) is 106 cm³/mol. The number of nitrogens with zero attached hydrogens (tertiary/aromatic N) is 1. The normalized spacial score (nSPS) is 18.2. The van der Waals surface area contributed by atoms with Crippen molar-refractivity contribution in [1.29, 1.82) is 0 Å². The van der Waals surface area contributed by atoms with Crippen LogP contribution in [0, 0.1) is 0 Å². The van der Waals surface area contributed by atoms with Crippen LogP contribution in [0.3, 0.4) is 0 Å². The zero-order valence-electron chi connectivity index (χ0n) is 16.5. The number of carbonyl (C=O) groups excluding carboxylic acids is 2. The van der Waals surface area contributed by atoms with Gasteiger partial charge in [-0.2, -0.15) is 0 Å². The van der Waals surface area contributed by atoms with E-state index < -0.39 is 5.97 Å². The van der Waals surface area contributed by atoms with E-state index in [1.165, 1.54) is 0 Å². The SMILES string of the molecule is CCCNC(=O)c1cccc(CNC(=O)NC2CC(N(CC)CC(=O)O)C2)c1. The summed E-state index contributed by atoms with van der Waals surface area (Å²) in [6.07, 6.45) is 2.38. The zero-order chi connectivity index (χ0) is 20.5. The highest BCUT2D eigenvalue weighted by Crippen LogP contribution is 2.25. The number of amides is 3. The maximum Gasteiger partial charge on any atom is 0.317 e. The van der Waals surface area contributed by atoms with Gasteiger partial charge in [0.2, 0.25) is 0 Å². The third-order valence-corrected chi connectivity index (χ3v) is 4.89. The topological polar surface area (TPSA) is 111 Å². The van der Waals surface area contributed by atoms with Crippen LogP contribution < -0.4 is 16.0 Å². The maximum atomic E-state index is 12.1. The Morgan fingerprint density at radius 3 is 2.57 bits per heavy atom. The monoisotopic (exact) mass is 390 g/mol. The molecule has 1 aromatic carbocycles. The van der Waals surface area contributed by atoms with E-state index in [-0.39, 0.29) is 30.6 Å². The first kappa shape index (κ1) is 21.7. The van der Waals surface area contributed by atoms with Gasteiger partial charge in [-0.15, -0.1) is 0 Å². The number of hydrogen-bond acceptors (Lipinski definition) is 4. The van der Waals surface area contributed by atoms with E-state index in [1.807, 2.05) is 24.8 Å². The first-order valence-electron chi connectivity index (χ1n) is 9.80. The molecule has 154 valence electrons. The molecular weight excluding hydrogens is 360 g/mol. The fraction of sp³-hybridized carbons (Fsp3) is 0.550. The molecular formula is C20H30N4O4. The van der Waals surface area contributed by atoms with Gasteiger partial charge in [-0.25, -0.2) is 4.79 Å². The molecule has 1 aliphatic carbocycles. The molecule has 2 rings (SSSR count). The highest BCUT2D eigenvalue weighted by molar-refractivity contribution is 5.94. The van der Waals surface area contributed by atoms with Crippen LogP contribution in [0.25, 0.3) is 0 Å². The summed E-state index contributed by atoms with van der Waals surface area (Å²) >= 11 is 0. The van der Waals surface area contributed by atoms with Gasteiger partial charge < -0.3 is 21.1 Å². The summed E-state index contributed by atoms with van der Waals surface area (Å²) in [6.45, 7) is 5.60. The molecule has 0 aliphatic heterocycles. The summed E-state index contributed by atoms with van der Waals surface area (Å²) in [7, 11) is 0. The second-order valence-corrected chi connectivity index (χ2v) is 7.06. The molecule has 1 fully saturated rings. The summed E-state index contributed by atoms with van der Waals surface area (Å²) in [5.41, 5.74) is 1.43. The Hall–Kier alpha value is -2.61. The summed E-state index contributed by atoms with van der Waals surface area (Å²) < 4.78 is 0. The third-order valence-electron chi connectivity index (χ3n) is 4.89. The lowest BCUT2D eigenvalue weighted by atomic mass is 9.85. The number of likely N-dealkylation sites (N-methyl/N-ethyl adjacent to an activating group) is 1. The number of benzene rings is 1. The number of nitrogens with one attached hydrogen (secondary N) is 3. The molecule has 28 heavy (non-hydrogen) atoms. The van der Waals surface area contributed by atoms with Crippen molar-refractivity contribution in [2.24, 2.45) is 0 Å². The van der Waals surface area contributed by atoms with Gasteiger partial charge in [-0.3, -0.25) is 14.5 Å². The molecule has 1 aliphatic rings. The van der Waals surface area contributed by atoms with Crippen molar-refractivity contribution in [1.82, 2.24) is 20.9 Å². The van der Waals surface area contributed by atoms with Crippen molar-refractivity contribution in [2.75, 3.05) is 19.6 Å². The van der Waals surface area contributed by atoms with Gasteiger partial charge in [0.25, 0.3) is 5.91 Å². The average Bonchev–Trinajstić information content (AvgIpc) is 2.65. The molecule has 1 aromatic rings. The highest BCUT2D eigenvalue weighted by Gasteiger charge is 2.34. The first-order chi connectivity index (χ1) is 13.4. The van der Waals surface area contributed by atoms with Crippen LogP contribution in [0.4, 0.5) is 4.79 Å². The number of hydrogen-bond donors (Lipinski definition) is 4. The van der Waals surface area contributed by atoms with Crippen LogP contribution in [0.15, 0.2) is 24.3 Å². The minimum Gasteiger partial charge on any atom is -0.480 e. The van der Waals surface area contributed by atoms with Gasteiger partial charge in [0.1, 0.15) is 0 Å². The van der Waals surface area contributed by atoms with E-state index in [1.54, 1.807) is 18.2 Å². The molecule has 0 atom stereocenters. The van der Waals surface area contributed by atoms with Crippen LogP contribution in [-0.2, 0) is 11.3 Å². The number of aliphatic carboxylic acids is 1. The average molecular weight is 390 g/mol. The Kier molecular flexibility index (Phi) is 8.25. The molecule has 0 spiro atoms. The van der Waals surface area contributed by atoms with Crippen molar-refractivity contribution < 1.29 is 19.5 Å². The Morgan fingerprint density at radius 1 is 1.18 bits per heavy atom. The molecule has 8 heteroatoms. The van der Waals surface area contributed by atoms with Gasteiger partial charge in [-0.05, 0) is 43.5 Å². The fourth-order valence-electron chi connectivity index (χ4n) is 3.26. The van der Waals surface area contributed by atoms with Gasteiger partial charge in [0.15, 0.2) is 0 Å². The highest BCUT2D eigenvalue weighted by atomic mass is 16.4. The molecule has 0 radical (unpaired) electrons. The molecule has 4 N–H and O–H groups in total. The van der Waals surface area contributed by atoms with E-state index in [0.29, 0.717) is 25.2 Å². The van der Waals surface area contributed by atoms with Crippen molar-refractivity contribution in [3.8, 4) is 0 Å². The lowest BCUT2D eigenvalue weighted by molar-refractivity contribution is -0.139. The number of carboxylic acids is 1. The fourth-order valence-corrected chi connectivity index (χ4v) is 3.26. The number of rotatable bonds is 10. The lowest BCUT2D eigenvalue weighted by Gasteiger charge is -2.42. The van der Waals surface area contributed by atoms with Crippen molar-refractivity contribution in [2.45, 2.75) is 51.7 Å². The van der Waals surface area contributed by atoms with Crippen molar-refractivity contribution in [3.05, 3.63) is 35.4 Å². The second-order valence-electron chi connectivity index (χ2n) is 7.06. The molecule has 0 heterocycles. The smallest absolute Gasteiger partial charge is 0.317 e. The Labute approximate surface area is 165 Å². The van der Waals surface area contributed by atoms with Gasteiger partial charge in [-0.1, -0.05) is 26.0 Å². The standard InChI is InChI=1S/C20H30N4O4/c1-3-8-21-19(27)15-7-5-6-14(9-15)12-22-20(28)23-16-10-17(11-16)24(4-2)13-18(25)26/h5-7,9,16-17H,3-4,8,10-13H2,1-2H3,(H,21,27)(H,25,26)(H2,22,23,28). The van der Waals surface area contributed by atoms with Gasteiger partial charge >= 0.3 is 12.0 Å². The quantitative estimate of drug-likeness (QED) is 0.485. The Bertz CT molecular complexity index is 689. The molecule has 8 nitrogen and oxygen atoms in total. The minimum absolute atomic E-state index is 0.0300. The zero-order valence-corrected chi connectivity index (χ0v) is 16.5. The van der Waals surface area contributed by atoms with E-state index in [2.05, 4.69) is 16.0 Å². The number of urea groups is 1. The summed E-state index contributed by atoms with van der Waals surface area (Å²) in [5.74, 6) is -0.947. The van der Waals surface area contributed by atoms with Crippen LogP contribution in [0.1, 0.15) is 49.0 Å². The summed E-state index contributed by atoms with van der Waals surface area (Å²) in [5, 5.41) is 17.5. The lowest BCUT2D eigenvalue weighted by Crippen LogP contribution is -2.56. The van der Waals surface area contributed by atoms with Crippen LogP contribution in [-0.4, -0.2) is 59.6 Å². The maximum absolute atomic E-state index is 12.1. The van der Waals surface area contributed by atoms with E-state index >= 15 is 0 Å². The predicted octanol–water partition coefficient (Wildman–Crippen LogP) is 1.56. The van der Waals surface area contributed by atoms with Crippen molar-refractivity contribution >= 4 is 17.9 Å².